The van der Waals surface area contributed by atoms with Gasteiger partial charge in [-0.15, -0.1) is 0 Å². The molecule has 0 aliphatic heterocycles. The highest BCUT2D eigenvalue weighted by atomic mass is 79.9. The van der Waals surface area contributed by atoms with Gasteiger partial charge in [-0.25, -0.2) is 0 Å². The van der Waals surface area contributed by atoms with E-state index >= 15 is 0 Å². The van der Waals surface area contributed by atoms with E-state index in [0.29, 0.717) is 16.3 Å². The molecule has 0 spiro atoms. The lowest BCUT2D eigenvalue weighted by Gasteiger charge is -2.10. The van der Waals surface area contributed by atoms with E-state index in [1.54, 1.807) is 36.4 Å². The summed E-state index contributed by atoms with van der Waals surface area (Å²) in [5, 5.41) is 3.23. The predicted octanol–water partition coefficient (Wildman–Crippen LogP) is 4.25. The molecule has 0 aromatic heterocycles. The lowest BCUT2D eigenvalue weighted by molar-refractivity contribution is 0.102. The van der Waals surface area contributed by atoms with E-state index in [0.717, 1.165) is 15.7 Å². The minimum Gasteiger partial charge on any atom is -0.399 e. The Bertz CT molecular complexity index is 643. The Morgan fingerprint density at radius 1 is 1.26 bits per heavy atom. The van der Waals surface area contributed by atoms with Gasteiger partial charge in [-0.2, -0.15) is 0 Å². The lowest BCUT2D eigenvalue weighted by atomic mass is 10.1. The van der Waals surface area contributed by atoms with Crippen LogP contribution in [0.15, 0.2) is 40.9 Å². The molecule has 0 unspecified atom stereocenters. The number of carbonyl (C=O) groups is 1. The van der Waals surface area contributed by atoms with E-state index in [-0.39, 0.29) is 5.91 Å². The van der Waals surface area contributed by atoms with Crippen molar-refractivity contribution in [1.29, 1.82) is 0 Å². The van der Waals surface area contributed by atoms with Crippen molar-refractivity contribution in [3.05, 3.63) is 57.0 Å². The zero-order valence-electron chi connectivity index (χ0n) is 10.2. The van der Waals surface area contributed by atoms with Crippen molar-refractivity contribution in [3.63, 3.8) is 0 Å². The summed E-state index contributed by atoms with van der Waals surface area (Å²) in [7, 11) is 0. The minimum absolute atomic E-state index is 0.251. The molecule has 0 aliphatic carbocycles. The molecule has 3 N–H and O–H groups in total. The molecule has 98 valence electrons. The van der Waals surface area contributed by atoms with E-state index in [1.165, 1.54) is 0 Å². The molecule has 0 radical (unpaired) electrons. The number of anilines is 2. The van der Waals surface area contributed by atoms with Crippen LogP contribution in [0.5, 0.6) is 0 Å². The Hall–Kier alpha value is -1.52. The van der Waals surface area contributed by atoms with Crippen LogP contribution in [0.25, 0.3) is 0 Å². The number of carbonyl (C=O) groups excluding carboxylic acids is 1. The number of aryl methyl sites for hydroxylation is 1. The Balaban J connectivity index is 2.28. The van der Waals surface area contributed by atoms with Gasteiger partial charge in [0.2, 0.25) is 0 Å². The maximum atomic E-state index is 12.2. The van der Waals surface area contributed by atoms with Gasteiger partial charge in [0.05, 0.1) is 10.6 Å². The fourth-order valence-corrected chi connectivity index (χ4v) is 2.25. The molecule has 0 saturated heterocycles. The summed E-state index contributed by atoms with van der Waals surface area (Å²) in [6.07, 6.45) is 0. The number of halogens is 2. The van der Waals surface area contributed by atoms with Crippen LogP contribution in [0.1, 0.15) is 15.9 Å². The number of hydrogen-bond acceptors (Lipinski definition) is 2. The van der Waals surface area contributed by atoms with E-state index in [2.05, 4.69) is 21.2 Å². The van der Waals surface area contributed by atoms with Crippen LogP contribution in [-0.4, -0.2) is 5.91 Å². The SMILES string of the molecule is Cc1cc(N)ccc1NC(=O)c1cc(Br)ccc1Cl. The topological polar surface area (TPSA) is 55.1 Å². The number of nitrogens with two attached hydrogens (primary N) is 1. The van der Waals surface area contributed by atoms with Gasteiger partial charge in [-0.1, -0.05) is 27.5 Å². The number of nitrogens with one attached hydrogen (secondary N) is 1. The number of amides is 1. The van der Waals surface area contributed by atoms with Crippen molar-refractivity contribution in [1.82, 2.24) is 0 Å². The zero-order valence-corrected chi connectivity index (χ0v) is 12.5. The number of rotatable bonds is 2. The fraction of sp³-hybridized carbons (Fsp3) is 0.0714. The summed E-state index contributed by atoms with van der Waals surface area (Å²) in [4.78, 5) is 12.2. The highest BCUT2D eigenvalue weighted by molar-refractivity contribution is 9.10. The highest BCUT2D eigenvalue weighted by Gasteiger charge is 2.12. The van der Waals surface area contributed by atoms with E-state index in [4.69, 9.17) is 17.3 Å². The second-order valence-corrected chi connectivity index (χ2v) is 5.48. The van der Waals surface area contributed by atoms with Crippen molar-refractivity contribution >= 4 is 44.8 Å². The van der Waals surface area contributed by atoms with Crippen LogP contribution in [0, 0.1) is 6.92 Å². The largest absolute Gasteiger partial charge is 0.399 e. The quantitative estimate of drug-likeness (QED) is 0.804. The fourth-order valence-electron chi connectivity index (χ4n) is 1.69. The summed E-state index contributed by atoms with van der Waals surface area (Å²) < 4.78 is 0.802. The van der Waals surface area contributed by atoms with Crippen LogP contribution >= 0.6 is 27.5 Å². The van der Waals surface area contributed by atoms with Gasteiger partial charge in [0.25, 0.3) is 5.91 Å². The van der Waals surface area contributed by atoms with Crippen molar-refractivity contribution in [3.8, 4) is 0 Å². The lowest BCUT2D eigenvalue weighted by Crippen LogP contribution is -2.13. The van der Waals surface area contributed by atoms with Crippen molar-refractivity contribution in [2.75, 3.05) is 11.1 Å². The molecular weight excluding hydrogens is 328 g/mol. The smallest absolute Gasteiger partial charge is 0.257 e. The average molecular weight is 340 g/mol. The molecule has 0 bridgehead atoms. The molecule has 0 heterocycles. The Morgan fingerprint density at radius 2 is 2.00 bits per heavy atom. The van der Waals surface area contributed by atoms with Gasteiger partial charge < -0.3 is 11.1 Å². The number of benzene rings is 2. The first-order valence-electron chi connectivity index (χ1n) is 5.60. The monoisotopic (exact) mass is 338 g/mol. The normalized spacial score (nSPS) is 10.3. The molecule has 19 heavy (non-hydrogen) atoms. The first-order valence-corrected chi connectivity index (χ1v) is 6.77. The summed E-state index contributed by atoms with van der Waals surface area (Å²) in [5.74, 6) is -0.251. The second kappa shape index (κ2) is 5.63. The molecule has 0 fully saturated rings. The van der Waals surface area contributed by atoms with Crippen LogP contribution in [-0.2, 0) is 0 Å². The maximum absolute atomic E-state index is 12.2. The molecule has 5 heteroatoms. The molecule has 0 saturated carbocycles. The van der Waals surface area contributed by atoms with E-state index < -0.39 is 0 Å². The van der Waals surface area contributed by atoms with Gasteiger partial charge >= 0.3 is 0 Å². The molecule has 2 aromatic rings. The second-order valence-electron chi connectivity index (χ2n) is 4.15. The standard InChI is InChI=1S/C14H12BrClN2O/c1-8-6-10(17)3-5-13(8)18-14(19)11-7-9(15)2-4-12(11)16/h2-7H,17H2,1H3,(H,18,19). The summed E-state index contributed by atoms with van der Waals surface area (Å²) >= 11 is 9.34. The van der Waals surface area contributed by atoms with Crippen molar-refractivity contribution < 1.29 is 4.79 Å². The molecular formula is C14H12BrClN2O. The molecule has 0 atom stereocenters. The third-order valence-electron chi connectivity index (χ3n) is 2.67. The first kappa shape index (κ1) is 13.9. The van der Waals surface area contributed by atoms with Crippen LogP contribution in [0.3, 0.4) is 0 Å². The zero-order chi connectivity index (χ0) is 14.0. The van der Waals surface area contributed by atoms with Crippen LogP contribution in [0.4, 0.5) is 11.4 Å². The van der Waals surface area contributed by atoms with Gasteiger partial charge in [-0.3, -0.25) is 4.79 Å². The Morgan fingerprint density at radius 3 is 2.68 bits per heavy atom. The van der Waals surface area contributed by atoms with E-state index in [1.807, 2.05) is 6.92 Å². The van der Waals surface area contributed by atoms with Crippen molar-refractivity contribution in [2.45, 2.75) is 6.92 Å². The molecule has 1 amide bonds. The summed E-state index contributed by atoms with van der Waals surface area (Å²) in [6, 6.07) is 10.5. The van der Waals surface area contributed by atoms with Crippen LogP contribution < -0.4 is 11.1 Å². The predicted molar refractivity (Wildman–Crippen MR) is 82.7 cm³/mol. The van der Waals surface area contributed by atoms with Gasteiger partial charge in [0, 0.05) is 15.8 Å². The molecule has 2 aromatic carbocycles. The third kappa shape index (κ3) is 3.28. The highest BCUT2D eigenvalue weighted by Crippen LogP contribution is 2.23. The molecule has 2 rings (SSSR count). The maximum Gasteiger partial charge on any atom is 0.257 e. The van der Waals surface area contributed by atoms with Gasteiger partial charge in [-0.05, 0) is 48.9 Å². The summed E-state index contributed by atoms with van der Waals surface area (Å²) in [6.45, 7) is 1.88. The number of nitrogen functional groups attached to an aromatic ring is 1. The molecule has 0 aliphatic rings. The number of hydrogen-bond donors (Lipinski definition) is 2. The average Bonchev–Trinajstić information content (AvgIpc) is 2.35. The minimum atomic E-state index is -0.251. The van der Waals surface area contributed by atoms with Crippen LogP contribution in [0.2, 0.25) is 5.02 Å². The third-order valence-corrected chi connectivity index (χ3v) is 3.49. The molecule has 3 nitrogen and oxygen atoms in total. The Kier molecular flexibility index (Phi) is 4.12. The van der Waals surface area contributed by atoms with Gasteiger partial charge in [0.15, 0.2) is 0 Å². The summed E-state index contributed by atoms with van der Waals surface area (Å²) in [5.41, 5.74) is 8.38. The van der Waals surface area contributed by atoms with Gasteiger partial charge in [0.1, 0.15) is 0 Å². The Labute approximate surface area is 124 Å². The van der Waals surface area contributed by atoms with Crippen molar-refractivity contribution in [2.24, 2.45) is 0 Å². The first-order chi connectivity index (χ1) is 8.97. The van der Waals surface area contributed by atoms with E-state index in [9.17, 15) is 4.79 Å².